The summed E-state index contributed by atoms with van der Waals surface area (Å²) in [5.74, 6) is 1.49. The minimum absolute atomic E-state index is 0.108. The van der Waals surface area contributed by atoms with Crippen LogP contribution in [0.5, 0.6) is 11.5 Å². The van der Waals surface area contributed by atoms with Crippen LogP contribution in [0, 0.1) is 16.7 Å². The van der Waals surface area contributed by atoms with Crippen LogP contribution in [-0.2, 0) is 15.4 Å². The molecule has 0 saturated heterocycles. The van der Waals surface area contributed by atoms with Crippen molar-refractivity contribution in [1.82, 2.24) is 4.72 Å². The van der Waals surface area contributed by atoms with Crippen molar-refractivity contribution >= 4 is 33.2 Å². The molecule has 2 bridgehead atoms. The molecule has 5 rings (SSSR count). The van der Waals surface area contributed by atoms with Crippen LogP contribution >= 0.6 is 23.2 Å². The predicted molar refractivity (Wildman–Crippen MR) is 147 cm³/mol. The predicted octanol–water partition coefficient (Wildman–Crippen LogP) is 6.18. The molecule has 0 aliphatic heterocycles. The number of hydrogen-bond acceptors (Lipinski definition) is 5. The molecule has 9 heteroatoms. The molecule has 200 valence electrons. The van der Waals surface area contributed by atoms with Gasteiger partial charge in [0.1, 0.15) is 18.4 Å². The van der Waals surface area contributed by atoms with E-state index in [0.717, 1.165) is 55.4 Å². The summed E-state index contributed by atoms with van der Waals surface area (Å²) in [5, 5.41) is 10.0. The van der Waals surface area contributed by atoms with Crippen LogP contribution in [-0.4, -0.2) is 39.3 Å². The van der Waals surface area contributed by atoms with Gasteiger partial charge in [0, 0.05) is 16.4 Å². The molecule has 3 saturated carbocycles. The fourth-order valence-corrected chi connectivity index (χ4v) is 7.17. The van der Waals surface area contributed by atoms with Crippen LogP contribution in [0.1, 0.15) is 69.1 Å². The van der Waals surface area contributed by atoms with Crippen molar-refractivity contribution in [2.24, 2.45) is 5.41 Å². The third kappa shape index (κ3) is 6.20. The maximum absolute atomic E-state index is 11.8. The first-order valence-corrected chi connectivity index (χ1v) is 15.4. The highest BCUT2D eigenvalue weighted by molar-refractivity contribution is 7.88. The molecule has 2 aromatic carbocycles. The Hall–Kier alpha value is -1.98. The summed E-state index contributed by atoms with van der Waals surface area (Å²) in [4.78, 5) is 0. The lowest BCUT2D eigenvalue weighted by Crippen LogP contribution is -2.57. The van der Waals surface area contributed by atoms with Gasteiger partial charge in [-0.15, -0.1) is 11.6 Å². The first-order valence-electron chi connectivity index (χ1n) is 12.6. The zero-order valence-electron chi connectivity index (χ0n) is 21.6. The standard InChI is InChI=1S/C28H34Cl2N2O4S/c1-26(2,22-16-20(18-31)25(24(30)17-22)35-15-14-29)21-4-6-23(7-5-21)36-19-27-8-11-28(12-9-27,13-10-27)32-37(3,33)34/h4-7,16-17,32H,8-15,19H2,1-3H3. The van der Waals surface area contributed by atoms with E-state index in [0.29, 0.717) is 28.8 Å². The van der Waals surface area contributed by atoms with Gasteiger partial charge in [0.15, 0.2) is 5.75 Å². The van der Waals surface area contributed by atoms with Crippen molar-refractivity contribution < 1.29 is 17.9 Å². The van der Waals surface area contributed by atoms with Gasteiger partial charge in [0.2, 0.25) is 10.0 Å². The van der Waals surface area contributed by atoms with Crippen LogP contribution in [0.4, 0.5) is 0 Å². The van der Waals surface area contributed by atoms with Gasteiger partial charge in [0.25, 0.3) is 0 Å². The fourth-order valence-electron chi connectivity index (χ4n) is 5.72. The number of halogens is 2. The lowest BCUT2D eigenvalue weighted by Gasteiger charge is -2.53. The Balaban J connectivity index is 1.43. The van der Waals surface area contributed by atoms with Crippen molar-refractivity contribution in [3.05, 3.63) is 58.1 Å². The number of fused-ring (bicyclic) bond motifs is 3. The van der Waals surface area contributed by atoms with E-state index in [1.807, 2.05) is 36.4 Å². The Morgan fingerprint density at radius 3 is 2.19 bits per heavy atom. The van der Waals surface area contributed by atoms with Crippen molar-refractivity contribution in [2.75, 3.05) is 25.3 Å². The Kier molecular flexibility index (Phi) is 8.07. The highest BCUT2D eigenvalue weighted by atomic mass is 35.5. The van der Waals surface area contributed by atoms with Gasteiger partial charge in [-0.3, -0.25) is 0 Å². The van der Waals surface area contributed by atoms with E-state index < -0.39 is 15.4 Å². The number of nitriles is 1. The molecule has 3 aliphatic carbocycles. The van der Waals surface area contributed by atoms with Crippen LogP contribution < -0.4 is 14.2 Å². The fraction of sp³-hybridized carbons (Fsp3) is 0.536. The average molecular weight is 566 g/mol. The molecule has 0 unspecified atom stereocenters. The molecule has 1 N–H and O–H groups in total. The first kappa shape index (κ1) is 28.0. The maximum Gasteiger partial charge on any atom is 0.209 e. The third-order valence-corrected chi connectivity index (χ3v) is 9.37. The van der Waals surface area contributed by atoms with Gasteiger partial charge in [-0.25, -0.2) is 13.1 Å². The molecule has 0 radical (unpaired) electrons. The molecule has 6 nitrogen and oxygen atoms in total. The second kappa shape index (κ2) is 10.6. The molecule has 0 aromatic heterocycles. The Bertz CT molecular complexity index is 1260. The minimum Gasteiger partial charge on any atom is -0.493 e. The van der Waals surface area contributed by atoms with E-state index in [1.165, 1.54) is 6.26 Å². The normalized spacial score (nSPS) is 23.5. The van der Waals surface area contributed by atoms with Crippen molar-refractivity contribution in [3.8, 4) is 17.6 Å². The maximum atomic E-state index is 11.8. The lowest BCUT2D eigenvalue weighted by atomic mass is 9.58. The van der Waals surface area contributed by atoms with Gasteiger partial charge in [-0.1, -0.05) is 37.6 Å². The summed E-state index contributed by atoms with van der Waals surface area (Å²) in [6, 6.07) is 13.9. The molecular formula is C28H34Cl2N2O4S. The second-order valence-electron chi connectivity index (χ2n) is 11.1. The zero-order chi connectivity index (χ0) is 26.9. The van der Waals surface area contributed by atoms with E-state index in [4.69, 9.17) is 32.7 Å². The van der Waals surface area contributed by atoms with Crippen LogP contribution in [0.25, 0.3) is 0 Å². The second-order valence-corrected chi connectivity index (χ2v) is 13.6. The van der Waals surface area contributed by atoms with E-state index >= 15 is 0 Å². The summed E-state index contributed by atoms with van der Waals surface area (Å²) in [5.41, 5.74) is 1.80. The summed E-state index contributed by atoms with van der Waals surface area (Å²) in [6.45, 7) is 5.10. The molecule has 0 heterocycles. The Morgan fingerprint density at radius 1 is 1.03 bits per heavy atom. The molecule has 3 aliphatic rings. The zero-order valence-corrected chi connectivity index (χ0v) is 23.9. The van der Waals surface area contributed by atoms with Crippen molar-refractivity contribution in [3.63, 3.8) is 0 Å². The smallest absolute Gasteiger partial charge is 0.209 e. The van der Waals surface area contributed by atoms with Crippen LogP contribution in [0.3, 0.4) is 0 Å². The molecule has 0 amide bonds. The Labute approximate surface area is 230 Å². The molecule has 37 heavy (non-hydrogen) atoms. The van der Waals surface area contributed by atoms with E-state index in [-0.39, 0.29) is 17.6 Å². The molecular weight excluding hydrogens is 531 g/mol. The molecule has 0 atom stereocenters. The number of ether oxygens (including phenoxy) is 2. The highest BCUT2D eigenvalue weighted by Crippen LogP contribution is 2.52. The Morgan fingerprint density at radius 2 is 1.65 bits per heavy atom. The number of rotatable bonds is 10. The monoisotopic (exact) mass is 564 g/mol. The van der Waals surface area contributed by atoms with Gasteiger partial charge in [0.05, 0.1) is 29.3 Å². The van der Waals surface area contributed by atoms with Crippen molar-refractivity contribution in [2.45, 2.75) is 63.3 Å². The first-order chi connectivity index (χ1) is 17.4. The number of nitrogens with one attached hydrogen (secondary N) is 1. The number of sulfonamides is 1. The summed E-state index contributed by atoms with van der Waals surface area (Å²) in [7, 11) is -3.21. The van der Waals surface area contributed by atoms with Gasteiger partial charge < -0.3 is 9.47 Å². The summed E-state index contributed by atoms with van der Waals surface area (Å²) in [6.07, 6.45) is 6.72. The minimum atomic E-state index is -3.21. The quantitative estimate of drug-likeness (QED) is 0.348. The molecule has 3 fully saturated rings. The number of hydrogen-bond donors (Lipinski definition) is 1. The number of alkyl halides is 1. The topological polar surface area (TPSA) is 88.4 Å². The van der Waals surface area contributed by atoms with Gasteiger partial charge in [-0.2, -0.15) is 5.26 Å². The summed E-state index contributed by atoms with van der Waals surface area (Å²) >= 11 is 12.2. The molecule has 0 spiro atoms. The van der Waals surface area contributed by atoms with Crippen LogP contribution in [0.15, 0.2) is 36.4 Å². The van der Waals surface area contributed by atoms with Crippen LogP contribution in [0.2, 0.25) is 5.02 Å². The number of benzene rings is 2. The lowest BCUT2D eigenvalue weighted by molar-refractivity contribution is -0.000922. The SMILES string of the molecule is CC(C)(c1ccc(OCC23CCC(NS(C)(=O)=O)(CC2)CC3)cc1)c1cc(Cl)c(OCCCl)c(C#N)c1. The van der Waals surface area contributed by atoms with Crippen molar-refractivity contribution in [1.29, 1.82) is 5.26 Å². The van der Waals surface area contributed by atoms with E-state index in [2.05, 4.69) is 24.6 Å². The number of nitrogens with zero attached hydrogens (tertiary/aromatic N) is 1. The highest BCUT2D eigenvalue weighted by Gasteiger charge is 2.50. The summed E-state index contributed by atoms with van der Waals surface area (Å²) < 4.78 is 38.3. The van der Waals surface area contributed by atoms with E-state index in [9.17, 15) is 13.7 Å². The third-order valence-electron chi connectivity index (χ3n) is 8.13. The van der Waals surface area contributed by atoms with Gasteiger partial charge >= 0.3 is 0 Å². The van der Waals surface area contributed by atoms with Gasteiger partial charge in [-0.05, 0) is 73.9 Å². The average Bonchev–Trinajstić information content (AvgIpc) is 2.86. The largest absolute Gasteiger partial charge is 0.493 e. The molecule has 2 aromatic rings. The van der Waals surface area contributed by atoms with E-state index in [1.54, 1.807) is 0 Å².